The summed E-state index contributed by atoms with van der Waals surface area (Å²) < 4.78 is 0. The van der Waals surface area contributed by atoms with Gasteiger partial charge in [0, 0.05) is 22.2 Å². The maximum Gasteiger partial charge on any atom is 0.141 e. The van der Waals surface area contributed by atoms with Crippen LogP contribution in [0.4, 0.5) is 0 Å². The molecule has 6 rings (SSSR count). The van der Waals surface area contributed by atoms with Gasteiger partial charge in [-0.2, -0.15) is 0 Å². The molecule has 5 heteroatoms. The average molecular weight is 463 g/mol. The number of rotatable bonds is 0. The van der Waals surface area contributed by atoms with Crippen LogP contribution in [0.25, 0.3) is 32.6 Å². The second-order valence-electron chi connectivity index (χ2n) is 8.13. The van der Waals surface area contributed by atoms with Gasteiger partial charge in [-0.15, -0.1) is 0 Å². The molecule has 0 saturated heterocycles. The third kappa shape index (κ3) is 5.84. The van der Waals surface area contributed by atoms with E-state index in [9.17, 15) is 10.2 Å². The van der Waals surface area contributed by atoms with Crippen molar-refractivity contribution in [3.8, 4) is 17.2 Å². The van der Waals surface area contributed by atoms with Crippen LogP contribution >= 0.6 is 0 Å². The smallest absolute Gasteiger partial charge is 0.141 e. The summed E-state index contributed by atoms with van der Waals surface area (Å²) in [6.45, 7) is 3.82. The van der Waals surface area contributed by atoms with Crippen LogP contribution in [0, 0.1) is 13.8 Å². The number of aromatic nitrogens is 2. The summed E-state index contributed by atoms with van der Waals surface area (Å²) in [4.78, 5) is 8.45. The van der Waals surface area contributed by atoms with Gasteiger partial charge in [-0.1, -0.05) is 66.7 Å². The van der Waals surface area contributed by atoms with Crippen molar-refractivity contribution in [2.24, 2.45) is 0 Å². The second kappa shape index (κ2) is 10.5. The average Bonchev–Trinajstić information content (AvgIpc) is 2.86. The number of fused-ring (bicyclic) bond motifs is 3. The molecule has 0 radical (unpaired) electrons. The fourth-order valence-corrected chi connectivity index (χ4v) is 3.63. The molecule has 5 nitrogen and oxygen atoms in total. The van der Waals surface area contributed by atoms with Gasteiger partial charge < -0.3 is 15.3 Å². The largest absolute Gasteiger partial charge is 0.508 e. The summed E-state index contributed by atoms with van der Waals surface area (Å²) >= 11 is 0. The van der Waals surface area contributed by atoms with Crippen LogP contribution in [0.2, 0.25) is 0 Å². The molecule has 174 valence electrons. The van der Waals surface area contributed by atoms with E-state index >= 15 is 0 Å². The molecule has 2 aromatic heterocycles. The van der Waals surface area contributed by atoms with Gasteiger partial charge in [0.25, 0.3) is 0 Å². The van der Waals surface area contributed by atoms with E-state index in [1.165, 1.54) is 0 Å². The molecule has 0 spiro atoms. The van der Waals surface area contributed by atoms with E-state index in [0.717, 1.165) is 32.9 Å². The van der Waals surface area contributed by atoms with Gasteiger partial charge in [-0.05, 0) is 61.0 Å². The van der Waals surface area contributed by atoms with Crippen LogP contribution in [-0.2, 0) is 0 Å². The Morgan fingerprint density at radius 1 is 0.457 bits per heavy atom. The maximum atomic E-state index is 9.43. The first kappa shape index (κ1) is 23.5. The van der Waals surface area contributed by atoms with E-state index in [-0.39, 0.29) is 11.5 Å². The fraction of sp³-hybridized carbons (Fsp3) is 0.0667. The van der Waals surface area contributed by atoms with Crippen LogP contribution in [0.1, 0.15) is 11.4 Å². The summed E-state index contributed by atoms with van der Waals surface area (Å²) in [7, 11) is 0. The molecule has 0 fully saturated rings. The number of hydrogen-bond acceptors (Lipinski definition) is 5. The molecular formula is C30H26N2O3. The quantitative estimate of drug-likeness (QED) is 0.225. The van der Waals surface area contributed by atoms with Crippen molar-refractivity contribution in [3.05, 3.63) is 115 Å². The lowest BCUT2D eigenvalue weighted by Gasteiger charge is -1.99. The highest BCUT2D eigenvalue weighted by atomic mass is 16.3. The number of nitrogens with zero attached hydrogens (tertiary/aromatic N) is 2. The summed E-state index contributed by atoms with van der Waals surface area (Å²) in [6, 6.07) is 31.9. The number of phenols is 3. The minimum absolute atomic E-state index is 0.246. The van der Waals surface area contributed by atoms with E-state index in [2.05, 4.69) is 9.97 Å². The van der Waals surface area contributed by atoms with E-state index in [1.807, 2.05) is 92.7 Å². The molecule has 0 saturated carbocycles. The van der Waals surface area contributed by atoms with E-state index in [0.29, 0.717) is 16.8 Å². The topological polar surface area (TPSA) is 86.5 Å². The van der Waals surface area contributed by atoms with Crippen molar-refractivity contribution >= 4 is 32.6 Å². The summed E-state index contributed by atoms with van der Waals surface area (Å²) in [5.74, 6) is 0.816. The van der Waals surface area contributed by atoms with Gasteiger partial charge in [-0.25, -0.2) is 9.97 Å². The molecular weight excluding hydrogens is 436 g/mol. The Morgan fingerprint density at radius 3 is 1.46 bits per heavy atom. The van der Waals surface area contributed by atoms with Crippen molar-refractivity contribution in [1.82, 2.24) is 9.97 Å². The third-order valence-electron chi connectivity index (χ3n) is 5.41. The Hall–Kier alpha value is -4.64. The maximum absolute atomic E-state index is 9.43. The van der Waals surface area contributed by atoms with Crippen molar-refractivity contribution in [3.63, 3.8) is 0 Å². The zero-order chi connectivity index (χ0) is 24.8. The van der Waals surface area contributed by atoms with Crippen molar-refractivity contribution < 1.29 is 15.3 Å². The Morgan fingerprint density at radius 2 is 0.914 bits per heavy atom. The molecule has 0 atom stereocenters. The zero-order valence-corrected chi connectivity index (χ0v) is 19.6. The molecule has 0 amide bonds. The highest BCUT2D eigenvalue weighted by Gasteiger charge is 2.00. The van der Waals surface area contributed by atoms with Crippen molar-refractivity contribution in [1.29, 1.82) is 0 Å². The number of aryl methyl sites for hydroxylation is 2. The molecule has 3 N–H and O–H groups in total. The molecule has 0 unspecified atom stereocenters. The Balaban J connectivity index is 0.000000124. The fourth-order valence-electron chi connectivity index (χ4n) is 3.63. The van der Waals surface area contributed by atoms with Crippen LogP contribution in [-0.4, -0.2) is 25.3 Å². The van der Waals surface area contributed by atoms with E-state index in [4.69, 9.17) is 5.11 Å². The molecule has 0 aliphatic carbocycles. The van der Waals surface area contributed by atoms with Gasteiger partial charge in [-0.3, -0.25) is 0 Å². The standard InChI is InChI=1S/2C10H9NO.C10H8O/c2*1-7-5-6-8-3-2-4-9(12)10(8)11-7;11-10-6-5-8-3-1-2-4-9(8)7-10/h2*2-6,12H,1H3;1-7,11H. The van der Waals surface area contributed by atoms with Crippen LogP contribution in [0.3, 0.4) is 0 Å². The summed E-state index contributed by atoms with van der Waals surface area (Å²) in [5.41, 5.74) is 3.20. The SMILES string of the molecule is Cc1ccc2cccc(O)c2n1.Cc1ccc2cccc(O)c2n1.Oc1ccc2ccccc2c1. The molecule has 0 bridgehead atoms. The molecule has 0 aliphatic heterocycles. The molecule has 0 aliphatic rings. The third-order valence-corrected chi connectivity index (χ3v) is 5.41. The second-order valence-corrected chi connectivity index (χ2v) is 8.13. The van der Waals surface area contributed by atoms with E-state index in [1.54, 1.807) is 24.3 Å². The van der Waals surface area contributed by atoms with Gasteiger partial charge in [0.05, 0.1) is 0 Å². The van der Waals surface area contributed by atoms with E-state index < -0.39 is 0 Å². The Bertz CT molecular complexity index is 1530. The molecule has 4 aromatic carbocycles. The Labute approximate surface area is 203 Å². The van der Waals surface area contributed by atoms with Crippen LogP contribution < -0.4 is 0 Å². The van der Waals surface area contributed by atoms with Crippen molar-refractivity contribution in [2.75, 3.05) is 0 Å². The minimum Gasteiger partial charge on any atom is -0.508 e. The minimum atomic E-state index is 0.246. The number of pyridine rings is 2. The van der Waals surface area contributed by atoms with Crippen molar-refractivity contribution in [2.45, 2.75) is 13.8 Å². The summed E-state index contributed by atoms with van der Waals surface area (Å²) in [6.07, 6.45) is 0. The number of benzene rings is 4. The lowest BCUT2D eigenvalue weighted by Crippen LogP contribution is -1.82. The Kier molecular flexibility index (Phi) is 7.07. The molecule has 6 aromatic rings. The molecule has 35 heavy (non-hydrogen) atoms. The monoisotopic (exact) mass is 462 g/mol. The predicted molar refractivity (Wildman–Crippen MR) is 142 cm³/mol. The van der Waals surface area contributed by atoms with Crippen LogP contribution in [0.15, 0.2) is 103 Å². The highest BCUT2D eigenvalue weighted by Crippen LogP contribution is 2.23. The first-order valence-electron chi connectivity index (χ1n) is 11.2. The summed E-state index contributed by atoms with van der Waals surface area (Å²) in [5, 5.41) is 32.2. The first-order chi connectivity index (χ1) is 16.9. The highest BCUT2D eigenvalue weighted by molar-refractivity contribution is 5.85. The first-order valence-corrected chi connectivity index (χ1v) is 11.2. The zero-order valence-electron chi connectivity index (χ0n) is 19.6. The van der Waals surface area contributed by atoms with Gasteiger partial charge in [0.1, 0.15) is 28.3 Å². The lowest BCUT2D eigenvalue weighted by atomic mass is 10.1. The number of aromatic hydroxyl groups is 3. The van der Waals surface area contributed by atoms with Gasteiger partial charge in [0.2, 0.25) is 0 Å². The van der Waals surface area contributed by atoms with Gasteiger partial charge in [0.15, 0.2) is 0 Å². The normalized spacial score (nSPS) is 10.3. The number of hydrogen-bond donors (Lipinski definition) is 3. The molecule has 2 heterocycles. The lowest BCUT2D eigenvalue weighted by molar-refractivity contribution is 0.476. The van der Waals surface area contributed by atoms with Crippen LogP contribution in [0.5, 0.6) is 17.2 Å². The number of para-hydroxylation sites is 2. The predicted octanol–water partition coefficient (Wildman–Crippen LogP) is 7.04. The number of phenolic OH excluding ortho intramolecular Hbond substituents is 3. The van der Waals surface area contributed by atoms with Gasteiger partial charge >= 0.3 is 0 Å².